The van der Waals surface area contributed by atoms with Crippen LogP contribution in [0.1, 0.15) is 21.5 Å². The average Bonchev–Trinajstić information content (AvgIpc) is 2.82. The first kappa shape index (κ1) is 28.0. The van der Waals surface area contributed by atoms with Crippen LogP contribution in [0.4, 0.5) is 13.2 Å². The minimum absolute atomic E-state index is 0.217. The van der Waals surface area contributed by atoms with E-state index in [1.165, 1.54) is 24.3 Å². The highest BCUT2D eigenvalue weighted by Crippen LogP contribution is 2.36. The van der Waals surface area contributed by atoms with Crippen LogP contribution in [-0.2, 0) is 6.54 Å². The molecule has 0 unspecified atom stereocenters. The van der Waals surface area contributed by atoms with Gasteiger partial charge in [0.15, 0.2) is 5.78 Å². The van der Waals surface area contributed by atoms with Crippen molar-refractivity contribution in [1.82, 2.24) is 9.80 Å². The van der Waals surface area contributed by atoms with Gasteiger partial charge in [-0.3, -0.25) is 4.79 Å². The number of hydrogen-bond donors (Lipinski definition) is 0. The minimum Gasteiger partial charge on any atom is -0.491 e. The smallest absolute Gasteiger partial charge is 0.491 e. The highest BCUT2D eigenvalue weighted by atomic mass is 19.4. The minimum atomic E-state index is -4.84. The van der Waals surface area contributed by atoms with Gasteiger partial charge in [0, 0.05) is 18.7 Å². The predicted molar refractivity (Wildman–Crippen MR) is 140 cm³/mol. The van der Waals surface area contributed by atoms with E-state index in [0.29, 0.717) is 31.0 Å². The molecule has 0 aliphatic carbocycles. The lowest BCUT2D eigenvalue weighted by Gasteiger charge is -2.16. The molecule has 3 aromatic rings. The predicted octanol–water partition coefficient (Wildman–Crippen LogP) is 6.15. The van der Waals surface area contributed by atoms with Gasteiger partial charge >= 0.3 is 6.36 Å². The van der Waals surface area contributed by atoms with Crippen molar-refractivity contribution in [3.63, 3.8) is 0 Å². The Balaban J connectivity index is 1.99. The Kier molecular flexibility index (Phi) is 9.49. The van der Waals surface area contributed by atoms with Crippen LogP contribution in [0, 0.1) is 0 Å². The highest BCUT2D eigenvalue weighted by Gasteiger charge is 2.32. The molecule has 0 saturated heterocycles. The van der Waals surface area contributed by atoms with Gasteiger partial charge in [0.05, 0.1) is 5.56 Å². The summed E-state index contributed by atoms with van der Waals surface area (Å²) < 4.78 is 49.0. The number of alkyl halides is 3. The van der Waals surface area contributed by atoms with Gasteiger partial charge in [-0.25, -0.2) is 0 Å². The number of carbonyl (C=O) groups excluding carboxylic acids is 1. The summed E-state index contributed by atoms with van der Waals surface area (Å²) in [7, 11) is 7.75. The summed E-state index contributed by atoms with van der Waals surface area (Å²) in [5.41, 5.74) is 2.84. The summed E-state index contributed by atoms with van der Waals surface area (Å²) in [5.74, 6) is -0.311. The van der Waals surface area contributed by atoms with Crippen LogP contribution in [0.25, 0.3) is 17.2 Å². The van der Waals surface area contributed by atoms with E-state index in [-0.39, 0.29) is 22.7 Å². The third-order valence-corrected chi connectivity index (χ3v) is 5.42. The number of halogens is 3. The summed E-state index contributed by atoms with van der Waals surface area (Å²) in [6.07, 6.45) is -1.63. The molecule has 0 N–H and O–H groups in total. The fourth-order valence-corrected chi connectivity index (χ4v) is 3.71. The molecule has 0 aromatic heterocycles. The molecule has 0 spiro atoms. The standard InChI is InChI=1S/C29H31F3N2O3/c1-33(2)17-18-36-27-16-14-22(24-11-7-8-12-28(24)37-29(30,31)32)19-25(27)26(35)15-13-21-9-5-6-10-23(21)20-34(3)4/h5-16,19H,17-18,20H2,1-4H3/b15-13+. The van der Waals surface area contributed by atoms with Crippen molar-refractivity contribution >= 4 is 11.9 Å². The lowest BCUT2D eigenvalue weighted by Crippen LogP contribution is -2.20. The Morgan fingerprint density at radius 1 is 0.892 bits per heavy atom. The molecule has 37 heavy (non-hydrogen) atoms. The molecular formula is C29H31F3N2O3. The van der Waals surface area contributed by atoms with Crippen molar-refractivity contribution in [2.45, 2.75) is 12.9 Å². The molecule has 0 fully saturated rings. The molecule has 3 rings (SSSR count). The molecule has 0 aliphatic rings. The zero-order valence-electron chi connectivity index (χ0n) is 21.4. The molecular weight excluding hydrogens is 481 g/mol. The summed E-state index contributed by atoms with van der Waals surface area (Å²) in [6.45, 7) is 1.68. The van der Waals surface area contributed by atoms with E-state index in [2.05, 4.69) is 4.74 Å². The molecule has 0 atom stereocenters. The van der Waals surface area contributed by atoms with E-state index in [1.807, 2.05) is 62.3 Å². The number of hydrogen-bond acceptors (Lipinski definition) is 5. The van der Waals surface area contributed by atoms with Gasteiger partial charge in [0.25, 0.3) is 0 Å². The first-order valence-corrected chi connectivity index (χ1v) is 11.8. The fraction of sp³-hybridized carbons (Fsp3) is 0.276. The van der Waals surface area contributed by atoms with Gasteiger partial charge in [-0.1, -0.05) is 54.6 Å². The van der Waals surface area contributed by atoms with Crippen molar-refractivity contribution in [3.8, 4) is 22.6 Å². The third-order valence-electron chi connectivity index (χ3n) is 5.42. The van der Waals surface area contributed by atoms with Gasteiger partial charge in [-0.15, -0.1) is 13.2 Å². The lowest BCUT2D eigenvalue weighted by molar-refractivity contribution is -0.274. The Labute approximate surface area is 215 Å². The largest absolute Gasteiger partial charge is 0.573 e. The molecule has 0 amide bonds. The number of nitrogens with zero attached hydrogens (tertiary/aromatic N) is 2. The second-order valence-electron chi connectivity index (χ2n) is 9.04. The summed E-state index contributed by atoms with van der Waals surface area (Å²) in [5, 5.41) is 0. The number of ketones is 1. The number of allylic oxidation sites excluding steroid dienone is 1. The van der Waals surface area contributed by atoms with Crippen molar-refractivity contribution < 1.29 is 27.4 Å². The number of carbonyl (C=O) groups is 1. The number of benzene rings is 3. The Hall–Kier alpha value is -3.62. The molecule has 5 nitrogen and oxygen atoms in total. The topological polar surface area (TPSA) is 42.0 Å². The molecule has 196 valence electrons. The summed E-state index contributed by atoms with van der Waals surface area (Å²) >= 11 is 0. The zero-order chi connectivity index (χ0) is 27.0. The van der Waals surface area contributed by atoms with Crippen LogP contribution in [0.15, 0.2) is 72.8 Å². The Morgan fingerprint density at radius 3 is 2.30 bits per heavy atom. The first-order valence-electron chi connectivity index (χ1n) is 11.8. The second kappa shape index (κ2) is 12.6. The number of ether oxygens (including phenoxy) is 2. The Morgan fingerprint density at radius 2 is 1.59 bits per heavy atom. The van der Waals surface area contributed by atoms with E-state index in [1.54, 1.807) is 30.3 Å². The second-order valence-corrected chi connectivity index (χ2v) is 9.04. The van der Waals surface area contributed by atoms with Crippen molar-refractivity contribution in [2.75, 3.05) is 41.3 Å². The van der Waals surface area contributed by atoms with Crippen molar-refractivity contribution in [2.24, 2.45) is 0 Å². The number of para-hydroxylation sites is 1. The SMILES string of the molecule is CN(C)CCOc1ccc(-c2ccccc2OC(F)(F)F)cc1C(=O)/C=C/c1ccccc1CN(C)C. The fourth-order valence-electron chi connectivity index (χ4n) is 3.71. The molecule has 8 heteroatoms. The van der Waals surface area contributed by atoms with E-state index in [0.717, 1.165) is 11.1 Å². The molecule has 0 saturated carbocycles. The number of likely N-dealkylation sites (N-methyl/N-ethyl adjacent to an activating group) is 1. The van der Waals surface area contributed by atoms with Crippen LogP contribution < -0.4 is 9.47 Å². The lowest BCUT2D eigenvalue weighted by atomic mass is 9.98. The zero-order valence-corrected chi connectivity index (χ0v) is 21.4. The maximum absolute atomic E-state index is 13.4. The molecule has 0 radical (unpaired) electrons. The number of rotatable bonds is 11. The molecule has 0 bridgehead atoms. The third kappa shape index (κ3) is 8.48. The van der Waals surface area contributed by atoms with Crippen LogP contribution in [-0.4, -0.2) is 63.3 Å². The van der Waals surface area contributed by atoms with Gasteiger partial charge in [-0.2, -0.15) is 0 Å². The normalized spacial score (nSPS) is 11.9. The summed E-state index contributed by atoms with van der Waals surface area (Å²) in [6, 6.07) is 18.4. The van der Waals surface area contributed by atoms with Crippen molar-refractivity contribution in [1.29, 1.82) is 0 Å². The van der Waals surface area contributed by atoms with E-state index >= 15 is 0 Å². The van der Waals surface area contributed by atoms with Crippen LogP contribution in [0.2, 0.25) is 0 Å². The van der Waals surface area contributed by atoms with Crippen LogP contribution >= 0.6 is 0 Å². The quantitative estimate of drug-likeness (QED) is 0.228. The van der Waals surface area contributed by atoms with Gasteiger partial charge in [-0.05, 0) is 69.2 Å². The molecule has 0 heterocycles. The van der Waals surface area contributed by atoms with Gasteiger partial charge < -0.3 is 19.3 Å². The average molecular weight is 513 g/mol. The van der Waals surface area contributed by atoms with E-state index in [4.69, 9.17) is 4.74 Å². The maximum Gasteiger partial charge on any atom is 0.573 e. The van der Waals surface area contributed by atoms with E-state index in [9.17, 15) is 18.0 Å². The first-order chi connectivity index (χ1) is 17.5. The monoisotopic (exact) mass is 512 g/mol. The highest BCUT2D eigenvalue weighted by molar-refractivity contribution is 6.09. The summed E-state index contributed by atoms with van der Waals surface area (Å²) in [4.78, 5) is 17.4. The molecule has 3 aromatic carbocycles. The van der Waals surface area contributed by atoms with Crippen LogP contribution in [0.3, 0.4) is 0 Å². The maximum atomic E-state index is 13.4. The van der Waals surface area contributed by atoms with Crippen LogP contribution in [0.5, 0.6) is 11.5 Å². The molecule has 0 aliphatic heterocycles. The van der Waals surface area contributed by atoms with Gasteiger partial charge in [0.1, 0.15) is 18.1 Å². The Bertz CT molecular complexity index is 1240. The van der Waals surface area contributed by atoms with Gasteiger partial charge in [0.2, 0.25) is 0 Å². The van der Waals surface area contributed by atoms with Crippen molar-refractivity contribution in [3.05, 3.63) is 89.5 Å². The van der Waals surface area contributed by atoms with E-state index < -0.39 is 6.36 Å².